The Bertz CT molecular complexity index is 995. The molecule has 0 spiro atoms. The number of rotatable bonds is 7. The summed E-state index contributed by atoms with van der Waals surface area (Å²) in [7, 11) is 0. The molecule has 0 saturated heterocycles. The summed E-state index contributed by atoms with van der Waals surface area (Å²) in [6.45, 7) is 4.20. The van der Waals surface area contributed by atoms with Crippen molar-refractivity contribution in [1.82, 2.24) is 15.0 Å². The predicted octanol–water partition coefficient (Wildman–Crippen LogP) is 3.83. The van der Waals surface area contributed by atoms with Crippen molar-refractivity contribution in [3.63, 3.8) is 0 Å². The van der Waals surface area contributed by atoms with Gasteiger partial charge in [0, 0.05) is 22.5 Å². The Hall–Kier alpha value is -3.09. The smallest absolute Gasteiger partial charge is 0.304 e. The van der Waals surface area contributed by atoms with Crippen LogP contribution in [0.1, 0.15) is 49.6 Å². The average molecular weight is 381 g/mol. The molecule has 7 nitrogen and oxygen atoms in total. The minimum atomic E-state index is -0.758. The van der Waals surface area contributed by atoms with Gasteiger partial charge in [-0.15, -0.1) is 0 Å². The van der Waals surface area contributed by atoms with E-state index in [1.54, 1.807) is 12.4 Å². The zero-order chi connectivity index (χ0) is 19.7. The largest absolute Gasteiger partial charge is 0.487 e. The number of H-pyrrole nitrogens is 1. The summed E-state index contributed by atoms with van der Waals surface area (Å²) in [4.78, 5) is 23.0. The van der Waals surface area contributed by atoms with Crippen LogP contribution in [-0.2, 0) is 17.8 Å². The first kappa shape index (κ1) is 18.3. The van der Waals surface area contributed by atoms with Crippen molar-refractivity contribution < 1.29 is 19.4 Å². The van der Waals surface area contributed by atoms with Gasteiger partial charge in [0.15, 0.2) is 0 Å². The van der Waals surface area contributed by atoms with E-state index >= 15 is 0 Å². The highest BCUT2D eigenvalue weighted by atomic mass is 16.5. The first-order valence-corrected chi connectivity index (χ1v) is 9.46. The number of carboxylic acid groups (broad SMARTS) is 1. The van der Waals surface area contributed by atoms with E-state index in [1.807, 2.05) is 32.0 Å². The highest BCUT2D eigenvalue weighted by molar-refractivity contribution is 5.87. The third-order valence-corrected chi connectivity index (χ3v) is 4.91. The van der Waals surface area contributed by atoms with Crippen molar-refractivity contribution in [2.45, 2.75) is 51.7 Å². The molecule has 0 saturated carbocycles. The number of carbonyl (C=O) groups is 1. The van der Waals surface area contributed by atoms with Crippen LogP contribution in [0, 0.1) is 0 Å². The van der Waals surface area contributed by atoms with Crippen LogP contribution in [0.3, 0.4) is 0 Å². The maximum atomic E-state index is 11.1. The first-order valence-electron chi connectivity index (χ1n) is 9.46. The summed E-state index contributed by atoms with van der Waals surface area (Å²) in [6.07, 6.45) is 5.23. The number of aromatic nitrogens is 3. The second-order valence-corrected chi connectivity index (χ2v) is 7.36. The van der Waals surface area contributed by atoms with Gasteiger partial charge in [0.1, 0.15) is 12.4 Å². The van der Waals surface area contributed by atoms with Crippen LogP contribution >= 0.6 is 0 Å². The molecule has 2 heterocycles. The van der Waals surface area contributed by atoms with Crippen LogP contribution in [-0.4, -0.2) is 32.1 Å². The quantitative estimate of drug-likeness (QED) is 0.646. The van der Waals surface area contributed by atoms with Gasteiger partial charge in [0.2, 0.25) is 5.88 Å². The molecule has 1 aliphatic carbocycles. The number of carboxylic acids is 1. The number of aromatic amines is 1. The standard InChI is InChI=1S/C21H23N3O4/c1-12(2)28-19-10-22-14(9-23-19)11-27-15-4-6-18-17(8-15)16-5-3-13(7-20(25)26)21(16)24-18/h4,6,8-10,12-13,24H,3,5,7,11H2,1-2H3,(H,25,26). The topological polar surface area (TPSA) is 97.3 Å². The molecule has 0 bridgehead atoms. The Morgan fingerprint density at radius 2 is 2.18 bits per heavy atom. The van der Waals surface area contributed by atoms with Crippen molar-refractivity contribution in [1.29, 1.82) is 0 Å². The van der Waals surface area contributed by atoms with E-state index in [4.69, 9.17) is 14.6 Å². The van der Waals surface area contributed by atoms with Crippen molar-refractivity contribution >= 4 is 16.9 Å². The Morgan fingerprint density at radius 3 is 2.89 bits per heavy atom. The fraction of sp³-hybridized carbons (Fsp3) is 0.381. The lowest BCUT2D eigenvalue weighted by atomic mass is 10.0. The van der Waals surface area contributed by atoms with Crippen LogP contribution in [0.2, 0.25) is 0 Å². The van der Waals surface area contributed by atoms with Crippen molar-refractivity contribution in [3.8, 4) is 11.6 Å². The van der Waals surface area contributed by atoms with E-state index in [2.05, 4.69) is 15.0 Å². The number of hydrogen-bond acceptors (Lipinski definition) is 5. The number of aryl methyl sites for hydroxylation is 1. The molecule has 1 unspecified atom stereocenters. The van der Waals surface area contributed by atoms with Crippen molar-refractivity contribution in [2.24, 2.45) is 0 Å². The van der Waals surface area contributed by atoms with Gasteiger partial charge in [-0.3, -0.25) is 9.78 Å². The van der Waals surface area contributed by atoms with Crippen LogP contribution in [0.4, 0.5) is 0 Å². The number of benzene rings is 1. The van der Waals surface area contributed by atoms with Crippen molar-refractivity contribution in [2.75, 3.05) is 0 Å². The fourth-order valence-electron chi connectivity index (χ4n) is 3.71. The van der Waals surface area contributed by atoms with Gasteiger partial charge in [-0.1, -0.05) is 0 Å². The first-order chi connectivity index (χ1) is 13.5. The molecule has 1 aromatic carbocycles. The maximum absolute atomic E-state index is 11.1. The maximum Gasteiger partial charge on any atom is 0.304 e. The number of nitrogens with zero attached hydrogens (tertiary/aromatic N) is 2. The summed E-state index contributed by atoms with van der Waals surface area (Å²) in [5.41, 5.74) is 4.00. The number of ether oxygens (including phenoxy) is 2. The lowest BCUT2D eigenvalue weighted by Crippen LogP contribution is -2.08. The van der Waals surface area contributed by atoms with Crippen LogP contribution in [0.15, 0.2) is 30.6 Å². The van der Waals surface area contributed by atoms with Gasteiger partial charge >= 0.3 is 5.97 Å². The Morgan fingerprint density at radius 1 is 1.32 bits per heavy atom. The molecule has 0 radical (unpaired) electrons. The molecule has 3 aromatic rings. The van der Waals surface area contributed by atoms with Crippen LogP contribution in [0.5, 0.6) is 11.6 Å². The zero-order valence-corrected chi connectivity index (χ0v) is 15.9. The van der Waals surface area contributed by atoms with E-state index in [-0.39, 0.29) is 18.4 Å². The molecule has 28 heavy (non-hydrogen) atoms. The second-order valence-electron chi connectivity index (χ2n) is 7.36. The van der Waals surface area contributed by atoms with Gasteiger partial charge < -0.3 is 19.6 Å². The lowest BCUT2D eigenvalue weighted by Gasteiger charge is -2.09. The van der Waals surface area contributed by atoms with Crippen LogP contribution in [0.25, 0.3) is 10.9 Å². The lowest BCUT2D eigenvalue weighted by molar-refractivity contribution is -0.137. The predicted molar refractivity (Wildman–Crippen MR) is 104 cm³/mol. The minimum absolute atomic E-state index is 0.0568. The average Bonchev–Trinajstić information content (AvgIpc) is 3.20. The second kappa shape index (κ2) is 7.50. The van der Waals surface area contributed by atoms with E-state index in [9.17, 15) is 4.79 Å². The van der Waals surface area contributed by atoms with E-state index in [1.165, 1.54) is 5.56 Å². The molecule has 1 aliphatic rings. The minimum Gasteiger partial charge on any atom is -0.487 e. The van der Waals surface area contributed by atoms with Crippen molar-refractivity contribution in [3.05, 3.63) is 47.5 Å². The number of nitrogens with one attached hydrogen (secondary N) is 1. The fourth-order valence-corrected chi connectivity index (χ4v) is 3.71. The highest BCUT2D eigenvalue weighted by Gasteiger charge is 2.28. The molecule has 0 amide bonds. The summed E-state index contributed by atoms with van der Waals surface area (Å²) < 4.78 is 11.4. The molecular weight excluding hydrogens is 358 g/mol. The van der Waals surface area contributed by atoms with E-state index in [0.29, 0.717) is 12.5 Å². The number of hydrogen-bond donors (Lipinski definition) is 2. The summed E-state index contributed by atoms with van der Waals surface area (Å²) >= 11 is 0. The normalized spacial score (nSPS) is 15.8. The van der Waals surface area contributed by atoms with Gasteiger partial charge in [-0.2, -0.15) is 0 Å². The summed E-state index contributed by atoms with van der Waals surface area (Å²) in [5, 5.41) is 10.2. The monoisotopic (exact) mass is 381 g/mol. The molecule has 0 aliphatic heterocycles. The van der Waals surface area contributed by atoms with Gasteiger partial charge in [0.25, 0.3) is 0 Å². The van der Waals surface area contributed by atoms with Gasteiger partial charge in [-0.05, 0) is 50.5 Å². The molecule has 2 N–H and O–H groups in total. The van der Waals surface area contributed by atoms with E-state index in [0.717, 1.165) is 40.9 Å². The van der Waals surface area contributed by atoms with E-state index < -0.39 is 5.97 Å². The molecular formula is C21H23N3O4. The summed E-state index contributed by atoms with van der Waals surface area (Å²) in [5.74, 6) is 0.553. The zero-order valence-electron chi connectivity index (χ0n) is 15.9. The molecule has 1 atom stereocenters. The Kier molecular flexibility index (Phi) is 4.90. The molecule has 146 valence electrons. The molecule has 7 heteroatoms. The number of fused-ring (bicyclic) bond motifs is 3. The Balaban J connectivity index is 1.47. The third kappa shape index (κ3) is 3.78. The SMILES string of the molecule is CC(C)Oc1cnc(COc2ccc3[nH]c4c(c3c2)CCC4CC(=O)O)cn1. The van der Waals surface area contributed by atoms with Gasteiger partial charge in [-0.25, -0.2) is 4.98 Å². The Labute approximate surface area is 162 Å². The molecule has 2 aromatic heterocycles. The molecule has 0 fully saturated rings. The summed E-state index contributed by atoms with van der Waals surface area (Å²) in [6, 6.07) is 5.90. The number of aliphatic carboxylic acids is 1. The molecule has 4 rings (SSSR count). The third-order valence-electron chi connectivity index (χ3n) is 4.91. The van der Waals surface area contributed by atoms with Gasteiger partial charge in [0.05, 0.1) is 30.6 Å². The van der Waals surface area contributed by atoms with Crippen LogP contribution < -0.4 is 9.47 Å². The highest BCUT2D eigenvalue weighted by Crippen LogP contribution is 2.40.